The van der Waals surface area contributed by atoms with Gasteiger partial charge in [-0.15, -0.1) is 6.58 Å². The van der Waals surface area contributed by atoms with Gasteiger partial charge in [0, 0.05) is 24.0 Å². The van der Waals surface area contributed by atoms with E-state index in [1.807, 2.05) is 24.3 Å². The van der Waals surface area contributed by atoms with Crippen molar-refractivity contribution in [3.63, 3.8) is 0 Å². The van der Waals surface area contributed by atoms with E-state index >= 15 is 0 Å². The second kappa shape index (κ2) is 7.99. The molecule has 1 aromatic carbocycles. The summed E-state index contributed by atoms with van der Waals surface area (Å²) in [5, 5.41) is 17.8. The van der Waals surface area contributed by atoms with Gasteiger partial charge in [0.05, 0.1) is 29.3 Å². The molecular weight excluding hydrogens is 324 g/mol. The number of aromatic nitrogens is 3. The zero-order valence-corrected chi connectivity index (χ0v) is 14.1. The van der Waals surface area contributed by atoms with Crippen LogP contribution in [0.3, 0.4) is 0 Å². The summed E-state index contributed by atoms with van der Waals surface area (Å²) in [5.41, 5.74) is 3.01. The van der Waals surface area contributed by atoms with Gasteiger partial charge in [-0.05, 0) is 30.2 Å². The third kappa shape index (κ3) is 3.57. The van der Waals surface area contributed by atoms with Gasteiger partial charge in [0.2, 0.25) is 0 Å². The zero-order valence-electron chi connectivity index (χ0n) is 14.1. The summed E-state index contributed by atoms with van der Waals surface area (Å²) in [6.45, 7) is 3.80. The van der Waals surface area contributed by atoms with Crippen LogP contribution in [0, 0.1) is 16.7 Å². The molecule has 0 aliphatic heterocycles. The van der Waals surface area contributed by atoms with Gasteiger partial charge in [0.25, 0.3) is 0 Å². The highest BCUT2D eigenvalue weighted by Gasteiger charge is 2.15. The second-order valence-corrected chi connectivity index (χ2v) is 5.77. The lowest BCUT2D eigenvalue weighted by Gasteiger charge is -2.13. The fourth-order valence-electron chi connectivity index (χ4n) is 2.80. The van der Waals surface area contributed by atoms with Crippen molar-refractivity contribution < 1.29 is 0 Å². The number of nitrogens with zero attached hydrogens (tertiary/aromatic N) is 4. The molecule has 0 aliphatic carbocycles. The van der Waals surface area contributed by atoms with Crippen LogP contribution in [-0.2, 0) is 0 Å². The van der Waals surface area contributed by atoms with Crippen LogP contribution in [0.1, 0.15) is 35.2 Å². The quantitative estimate of drug-likeness (QED) is 0.502. The summed E-state index contributed by atoms with van der Waals surface area (Å²) < 4.78 is 0. The van der Waals surface area contributed by atoms with E-state index in [1.54, 1.807) is 24.6 Å². The Balaban J connectivity index is 1.93. The van der Waals surface area contributed by atoms with Crippen LogP contribution in [0.25, 0.3) is 11.0 Å². The van der Waals surface area contributed by atoms with Gasteiger partial charge in [-0.25, -0.2) is 9.97 Å². The minimum Gasteiger partial charge on any atom is -0.346 e. The predicted octanol–water partition coefficient (Wildman–Crippen LogP) is 3.95. The number of benzene rings is 1. The molecule has 2 aromatic heterocycles. The minimum atomic E-state index is -0.359. The summed E-state index contributed by atoms with van der Waals surface area (Å²) in [6, 6.07) is 11.3. The van der Waals surface area contributed by atoms with E-state index in [9.17, 15) is 0 Å². The molecule has 0 fully saturated rings. The topological polar surface area (TPSA) is 102 Å². The number of aromatic amines is 1. The molecule has 2 unspecified atom stereocenters. The van der Waals surface area contributed by atoms with Crippen molar-refractivity contribution in [1.29, 1.82) is 10.7 Å². The molecule has 3 aromatic rings. The lowest BCUT2D eigenvalue weighted by Crippen LogP contribution is -2.07. The SMILES string of the molecule is C=CCC(N=CC(C=N)c1ncnc2[nH]ccc12)c1cccc(C#N)c1. The fraction of sp³-hybridized carbons (Fsp3) is 0.150. The number of nitriles is 1. The van der Waals surface area contributed by atoms with Gasteiger partial charge in [-0.1, -0.05) is 18.2 Å². The third-order valence-electron chi connectivity index (χ3n) is 4.10. The maximum absolute atomic E-state index is 9.10. The van der Waals surface area contributed by atoms with E-state index in [2.05, 4.69) is 32.6 Å². The van der Waals surface area contributed by atoms with Gasteiger partial charge in [-0.2, -0.15) is 5.26 Å². The molecule has 2 atom stereocenters. The molecule has 0 spiro atoms. The zero-order chi connectivity index (χ0) is 18.4. The maximum Gasteiger partial charge on any atom is 0.140 e. The first-order valence-electron chi connectivity index (χ1n) is 8.19. The standard InChI is InChI=1S/C20H18N6/c1-2-4-18(15-6-3-5-14(9-15)10-21)24-12-16(11-22)19-17-7-8-23-20(17)26-13-25-19/h2-3,5-9,11-13,16,18,22H,1,4H2,(H,23,25,26). The van der Waals surface area contributed by atoms with Gasteiger partial charge < -0.3 is 10.4 Å². The average Bonchev–Trinajstić information content (AvgIpc) is 3.17. The molecule has 0 saturated heterocycles. The largest absolute Gasteiger partial charge is 0.346 e. The van der Waals surface area contributed by atoms with Crippen molar-refractivity contribution in [3.8, 4) is 6.07 Å². The minimum absolute atomic E-state index is 0.160. The predicted molar refractivity (Wildman–Crippen MR) is 103 cm³/mol. The summed E-state index contributed by atoms with van der Waals surface area (Å²) in [7, 11) is 0. The number of rotatable bonds is 7. The second-order valence-electron chi connectivity index (χ2n) is 5.77. The Hall–Kier alpha value is -3.59. The van der Waals surface area contributed by atoms with Crippen LogP contribution >= 0.6 is 0 Å². The molecule has 3 rings (SSSR count). The number of nitrogens with one attached hydrogen (secondary N) is 2. The molecule has 0 aliphatic rings. The van der Waals surface area contributed by atoms with Crippen LogP contribution in [0.2, 0.25) is 0 Å². The lowest BCUT2D eigenvalue weighted by atomic mass is 10.0. The number of hydrogen-bond acceptors (Lipinski definition) is 5. The first-order chi connectivity index (χ1) is 12.8. The number of H-pyrrole nitrogens is 1. The molecule has 2 heterocycles. The Morgan fingerprint density at radius 3 is 3.00 bits per heavy atom. The summed E-state index contributed by atoms with van der Waals surface area (Å²) in [6.07, 6.45) is 8.77. The molecule has 0 saturated carbocycles. The number of hydrogen-bond donors (Lipinski definition) is 2. The van der Waals surface area contributed by atoms with E-state index in [0.717, 1.165) is 22.3 Å². The molecule has 6 heteroatoms. The first kappa shape index (κ1) is 17.2. The van der Waals surface area contributed by atoms with E-state index in [-0.39, 0.29) is 12.0 Å². The van der Waals surface area contributed by atoms with Crippen molar-refractivity contribution >= 4 is 23.5 Å². The van der Waals surface area contributed by atoms with Gasteiger partial charge in [0.15, 0.2) is 0 Å². The van der Waals surface area contributed by atoms with E-state index in [4.69, 9.17) is 10.7 Å². The number of aliphatic imine (C=N–C) groups is 1. The van der Waals surface area contributed by atoms with Crippen LogP contribution in [-0.4, -0.2) is 27.4 Å². The van der Waals surface area contributed by atoms with Crippen molar-refractivity contribution in [2.24, 2.45) is 4.99 Å². The highest BCUT2D eigenvalue weighted by atomic mass is 14.9. The van der Waals surface area contributed by atoms with Crippen LogP contribution in [0.4, 0.5) is 0 Å². The van der Waals surface area contributed by atoms with Gasteiger partial charge >= 0.3 is 0 Å². The Morgan fingerprint density at radius 2 is 2.23 bits per heavy atom. The van der Waals surface area contributed by atoms with Crippen molar-refractivity contribution in [2.75, 3.05) is 0 Å². The molecule has 6 nitrogen and oxygen atoms in total. The van der Waals surface area contributed by atoms with Crippen molar-refractivity contribution in [3.05, 3.63) is 72.3 Å². The Bertz CT molecular complexity index is 995. The summed E-state index contributed by atoms with van der Waals surface area (Å²) in [5.74, 6) is -0.359. The smallest absolute Gasteiger partial charge is 0.140 e. The van der Waals surface area contributed by atoms with Gasteiger partial charge in [0.1, 0.15) is 12.0 Å². The molecule has 26 heavy (non-hydrogen) atoms. The van der Waals surface area contributed by atoms with Crippen molar-refractivity contribution in [2.45, 2.75) is 18.4 Å². The molecule has 0 bridgehead atoms. The Kier molecular flexibility index (Phi) is 5.30. The Morgan fingerprint density at radius 1 is 1.35 bits per heavy atom. The molecular formula is C20H18N6. The van der Waals surface area contributed by atoms with Crippen LogP contribution in [0.5, 0.6) is 0 Å². The van der Waals surface area contributed by atoms with Crippen LogP contribution in [0.15, 0.2) is 60.5 Å². The maximum atomic E-state index is 9.10. The average molecular weight is 342 g/mol. The highest BCUT2D eigenvalue weighted by Crippen LogP contribution is 2.24. The Labute approximate surface area is 151 Å². The number of fused-ring (bicyclic) bond motifs is 1. The molecule has 128 valence electrons. The van der Waals surface area contributed by atoms with E-state index in [0.29, 0.717) is 12.0 Å². The summed E-state index contributed by atoms with van der Waals surface area (Å²) in [4.78, 5) is 16.2. The fourth-order valence-corrected chi connectivity index (χ4v) is 2.80. The molecule has 0 radical (unpaired) electrons. The lowest BCUT2D eigenvalue weighted by molar-refractivity contribution is 0.744. The van der Waals surface area contributed by atoms with E-state index < -0.39 is 0 Å². The normalized spacial score (nSPS) is 13.3. The van der Waals surface area contributed by atoms with Crippen LogP contribution < -0.4 is 0 Å². The third-order valence-corrected chi connectivity index (χ3v) is 4.10. The van der Waals surface area contributed by atoms with E-state index in [1.165, 1.54) is 12.5 Å². The molecule has 0 amide bonds. The molecule has 2 N–H and O–H groups in total. The van der Waals surface area contributed by atoms with Gasteiger partial charge in [-0.3, -0.25) is 4.99 Å². The van der Waals surface area contributed by atoms with Crippen molar-refractivity contribution in [1.82, 2.24) is 15.0 Å². The monoisotopic (exact) mass is 342 g/mol. The summed E-state index contributed by atoms with van der Waals surface area (Å²) >= 11 is 0. The first-order valence-corrected chi connectivity index (χ1v) is 8.19. The highest BCUT2D eigenvalue weighted by molar-refractivity contribution is 5.94.